The number of benzene rings is 1. The normalized spacial score (nSPS) is 12.4. The van der Waals surface area contributed by atoms with Gasteiger partial charge in [-0.3, -0.25) is 9.78 Å². The first-order valence-electron chi connectivity index (χ1n) is 7.25. The Morgan fingerprint density at radius 2 is 1.71 bits per heavy atom. The average molecular weight is 346 g/mol. The number of hydrogen-bond acceptors (Lipinski definition) is 2. The molecule has 1 aromatic heterocycles. The van der Waals surface area contributed by atoms with E-state index in [1.54, 1.807) is 24.5 Å². The summed E-state index contributed by atoms with van der Waals surface area (Å²) in [6.45, 7) is 4.39. The highest BCUT2D eigenvalue weighted by molar-refractivity contribution is 9.10. The summed E-state index contributed by atoms with van der Waals surface area (Å²) in [6.07, 6.45) is 4.90. The van der Waals surface area contributed by atoms with Crippen molar-refractivity contribution in [2.24, 2.45) is 5.92 Å². The molecule has 0 bridgehead atoms. The third-order valence-electron chi connectivity index (χ3n) is 3.53. The average Bonchev–Trinajstić information content (AvgIpc) is 2.48. The van der Waals surface area contributed by atoms with Gasteiger partial charge in [0.15, 0.2) is 5.78 Å². The Bertz CT molecular complexity index is 578. The first-order chi connectivity index (χ1) is 10.1. The van der Waals surface area contributed by atoms with Crippen molar-refractivity contribution in [3.63, 3.8) is 0 Å². The summed E-state index contributed by atoms with van der Waals surface area (Å²) in [5.41, 5.74) is 1.98. The molecule has 0 spiro atoms. The number of ketones is 1. The lowest BCUT2D eigenvalue weighted by Crippen LogP contribution is -2.10. The quantitative estimate of drug-likeness (QED) is 0.669. The maximum Gasteiger partial charge on any atom is 0.163 e. The summed E-state index contributed by atoms with van der Waals surface area (Å²) in [5.74, 6) is 1.01. The number of hydrogen-bond donors (Lipinski definition) is 0. The van der Waals surface area contributed by atoms with E-state index in [9.17, 15) is 4.79 Å². The summed E-state index contributed by atoms with van der Waals surface area (Å²) in [6, 6.07) is 11.9. The molecule has 0 aliphatic carbocycles. The van der Waals surface area contributed by atoms with Crippen LogP contribution in [0, 0.1) is 5.92 Å². The van der Waals surface area contributed by atoms with Crippen LogP contribution < -0.4 is 0 Å². The molecule has 3 heteroatoms. The van der Waals surface area contributed by atoms with E-state index in [1.807, 2.05) is 12.1 Å². The highest BCUT2D eigenvalue weighted by Gasteiger charge is 2.18. The molecule has 0 saturated heterocycles. The second-order valence-corrected chi connectivity index (χ2v) is 6.66. The van der Waals surface area contributed by atoms with Crippen molar-refractivity contribution >= 4 is 21.7 Å². The van der Waals surface area contributed by atoms with E-state index in [-0.39, 0.29) is 11.7 Å². The predicted octanol–water partition coefficient (Wildman–Crippen LogP) is 5.25. The fourth-order valence-corrected chi connectivity index (χ4v) is 2.79. The Hall–Kier alpha value is -1.48. The summed E-state index contributed by atoms with van der Waals surface area (Å²) in [4.78, 5) is 16.4. The number of carbonyl (C=O) groups excluding carboxylic acids is 1. The van der Waals surface area contributed by atoms with Crippen molar-refractivity contribution in [2.45, 2.75) is 32.6 Å². The largest absolute Gasteiger partial charge is 0.294 e. The lowest BCUT2D eigenvalue weighted by Gasteiger charge is -2.19. The van der Waals surface area contributed by atoms with Crippen LogP contribution in [0.2, 0.25) is 0 Å². The number of rotatable bonds is 6. The first-order valence-corrected chi connectivity index (χ1v) is 8.04. The molecule has 0 radical (unpaired) electrons. The number of nitrogens with zero attached hydrogens (tertiary/aromatic N) is 1. The highest BCUT2D eigenvalue weighted by Crippen LogP contribution is 2.29. The van der Waals surface area contributed by atoms with Crippen LogP contribution in [0.1, 0.15) is 48.5 Å². The molecule has 21 heavy (non-hydrogen) atoms. The van der Waals surface area contributed by atoms with Crippen LogP contribution in [0.5, 0.6) is 0 Å². The molecule has 0 amide bonds. The fourth-order valence-electron chi connectivity index (χ4n) is 2.52. The third kappa shape index (κ3) is 4.78. The van der Waals surface area contributed by atoms with Crippen LogP contribution in [-0.4, -0.2) is 10.8 Å². The second-order valence-electron chi connectivity index (χ2n) is 5.74. The van der Waals surface area contributed by atoms with Crippen molar-refractivity contribution in [3.05, 3.63) is 64.4 Å². The van der Waals surface area contributed by atoms with E-state index in [0.29, 0.717) is 12.3 Å². The van der Waals surface area contributed by atoms with E-state index < -0.39 is 0 Å². The van der Waals surface area contributed by atoms with Gasteiger partial charge in [-0.15, -0.1) is 0 Å². The Morgan fingerprint density at radius 1 is 1.10 bits per heavy atom. The molecule has 0 aliphatic rings. The van der Waals surface area contributed by atoms with Gasteiger partial charge in [-0.1, -0.05) is 41.9 Å². The molecule has 1 unspecified atom stereocenters. The van der Waals surface area contributed by atoms with E-state index >= 15 is 0 Å². The van der Waals surface area contributed by atoms with Gasteiger partial charge in [0.1, 0.15) is 0 Å². The van der Waals surface area contributed by atoms with Gasteiger partial charge < -0.3 is 0 Å². The summed E-state index contributed by atoms with van der Waals surface area (Å²) in [7, 11) is 0. The SMILES string of the molecule is CC(C)CC(CC(=O)c1ccncc1)c1ccc(Br)cc1. The van der Waals surface area contributed by atoms with Crippen LogP contribution in [0.15, 0.2) is 53.3 Å². The zero-order valence-corrected chi connectivity index (χ0v) is 14.0. The third-order valence-corrected chi connectivity index (χ3v) is 4.06. The number of carbonyl (C=O) groups is 1. The predicted molar refractivity (Wildman–Crippen MR) is 89.5 cm³/mol. The van der Waals surface area contributed by atoms with E-state index in [4.69, 9.17) is 0 Å². The van der Waals surface area contributed by atoms with Crippen LogP contribution in [0.3, 0.4) is 0 Å². The molecule has 1 heterocycles. The molecular weight excluding hydrogens is 326 g/mol. The lowest BCUT2D eigenvalue weighted by atomic mass is 9.85. The first kappa shape index (κ1) is 15.9. The Labute approximate surface area is 134 Å². The van der Waals surface area contributed by atoms with Gasteiger partial charge in [-0.2, -0.15) is 0 Å². The number of Topliss-reactive ketones (excluding diaryl/α,β-unsaturated/α-hetero) is 1. The summed E-state index contributed by atoms with van der Waals surface area (Å²) in [5, 5.41) is 0. The molecule has 2 nitrogen and oxygen atoms in total. The summed E-state index contributed by atoms with van der Waals surface area (Å²) >= 11 is 3.46. The molecule has 1 aromatic carbocycles. The van der Waals surface area contributed by atoms with Gasteiger partial charge in [-0.25, -0.2) is 0 Å². The minimum Gasteiger partial charge on any atom is -0.294 e. The maximum atomic E-state index is 12.4. The van der Waals surface area contributed by atoms with E-state index in [0.717, 1.165) is 16.5 Å². The monoisotopic (exact) mass is 345 g/mol. The molecule has 0 N–H and O–H groups in total. The van der Waals surface area contributed by atoms with Crippen molar-refractivity contribution < 1.29 is 4.79 Å². The van der Waals surface area contributed by atoms with Crippen LogP contribution in [-0.2, 0) is 0 Å². The second kappa shape index (κ2) is 7.51. The van der Waals surface area contributed by atoms with Gasteiger partial charge >= 0.3 is 0 Å². The molecule has 0 aliphatic heterocycles. The van der Waals surface area contributed by atoms with Crippen molar-refractivity contribution in [1.82, 2.24) is 4.98 Å². The highest BCUT2D eigenvalue weighted by atomic mass is 79.9. The van der Waals surface area contributed by atoms with Crippen LogP contribution in [0.25, 0.3) is 0 Å². The van der Waals surface area contributed by atoms with Gasteiger partial charge in [-0.05, 0) is 48.1 Å². The lowest BCUT2D eigenvalue weighted by molar-refractivity contribution is 0.0970. The van der Waals surface area contributed by atoms with Crippen molar-refractivity contribution in [3.8, 4) is 0 Å². The molecule has 0 saturated carbocycles. The Balaban J connectivity index is 2.17. The Kier molecular flexibility index (Phi) is 5.68. The minimum absolute atomic E-state index is 0.186. The Morgan fingerprint density at radius 3 is 2.29 bits per heavy atom. The molecule has 1 atom stereocenters. The summed E-state index contributed by atoms with van der Waals surface area (Å²) < 4.78 is 1.06. The number of aromatic nitrogens is 1. The number of halogens is 1. The molecule has 0 fully saturated rings. The maximum absolute atomic E-state index is 12.4. The minimum atomic E-state index is 0.186. The molecule has 2 aromatic rings. The van der Waals surface area contributed by atoms with E-state index in [1.165, 1.54) is 5.56 Å². The van der Waals surface area contributed by atoms with Crippen LogP contribution in [0.4, 0.5) is 0 Å². The molecule has 2 rings (SSSR count). The van der Waals surface area contributed by atoms with Crippen LogP contribution >= 0.6 is 15.9 Å². The van der Waals surface area contributed by atoms with Gasteiger partial charge in [0.2, 0.25) is 0 Å². The smallest absolute Gasteiger partial charge is 0.163 e. The zero-order chi connectivity index (χ0) is 15.2. The standard InChI is InChI=1S/C18H20BrNO/c1-13(2)11-16(14-3-5-17(19)6-4-14)12-18(21)15-7-9-20-10-8-15/h3-10,13,16H,11-12H2,1-2H3. The van der Waals surface area contributed by atoms with Gasteiger partial charge in [0.05, 0.1) is 0 Å². The fraction of sp³-hybridized carbons (Fsp3) is 0.333. The molecule has 110 valence electrons. The zero-order valence-electron chi connectivity index (χ0n) is 12.4. The van der Waals surface area contributed by atoms with Crippen molar-refractivity contribution in [2.75, 3.05) is 0 Å². The topological polar surface area (TPSA) is 30.0 Å². The molecular formula is C18H20BrNO. The van der Waals surface area contributed by atoms with E-state index in [2.05, 4.69) is 46.9 Å². The van der Waals surface area contributed by atoms with Crippen molar-refractivity contribution in [1.29, 1.82) is 0 Å². The van der Waals surface area contributed by atoms with Gasteiger partial charge in [0.25, 0.3) is 0 Å². The van der Waals surface area contributed by atoms with Gasteiger partial charge in [0, 0.05) is 28.9 Å². The number of pyridine rings is 1.